The van der Waals surface area contributed by atoms with Gasteiger partial charge in [0.1, 0.15) is 5.75 Å². The number of carbonyl (C=O) groups excluding carboxylic acids is 2. The molecule has 0 unspecified atom stereocenters. The van der Waals surface area contributed by atoms with Crippen LogP contribution in [0.5, 0.6) is 5.75 Å². The van der Waals surface area contributed by atoms with Crippen LogP contribution in [0.4, 0.5) is 5.69 Å². The van der Waals surface area contributed by atoms with Crippen molar-refractivity contribution in [1.82, 2.24) is 10.2 Å². The Kier molecular flexibility index (Phi) is 5.60. The normalized spacial score (nSPS) is 15.4. The van der Waals surface area contributed by atoms with Crippen molar-refractivity contribution in [2.24, 2.45) is 5.73 Å². The molecule has 120 valence electrons. The second-order valence-electron chi connectivity index (χ2n) is 5.15. The Morgan fingerprint density at radius 2 is 1.82 bits per heavy atom. The number of amides is 2. The SMILES string of the molecule is COc1ccc(N2CCN(CCNC(=O)C(N)=O)CC2)cc1. The number of nitrogens with zero attached hydrogens (tertiary/aromatic N) is 2. The fourth-order valence-electron chi connectivity index (χ4n) is 2.44. The molecule has 1 aromatic rings. The number of methoxy groups -OCH3 is 1. The smallest absolute Gasteiger partial charge is 0.309 e. The molecule has 1 aliphatic rings. The summed E-state index contributed by atoms with van der Waals surface area (Å²) in [4.78, 5) is 26.2. The van der Waals surface area contributed by atoms with Crippen LogP contribution < -0.4 is 20.7 Å². The maximum absolute atomic E-state index is 11.1. The molecule has 3 N–H and O–H groups in total. The molecule has 1 heterocycles. The van der Waals surface area contributed by atoms with Crippen LogP contribution in [0.1, 0.15) is 0 Å². The van der Waals surface area contributed by atoms with Crippen LogP contribution in [0, 0.1) is 0 Å². The minimum absolute atomic E-state index is 0.435. The summed E-state index contributed by atoms with van der Waals surface area (Å²) in [5.74, 6) is -0.811. The number of hydrogen-bond acceptors (Lipinski definition) is 5. The summed E-state index contributed by atoms with van der Waals surface area (Å²) in [6.07, 6.45) is 0. The van der Waals surface area contributed by atoms with Gasteiger partial charge < -0.3 is 20.7 Å². The molecule has 22 heavy (non-hydrogen) atoms. The van der Waals surface area contributed by atoms with Crippen LogP contribution >= 0.6 is 0 Å². The van der Waals surface area contributed by atoms with E-state index in [0.717, 1.165) is 38.5 Å². The van der Waals surface area contributed by atoms with Gasteiger partial charge in [0.25, 0.3) is 0 Å². The molecular weight excluding hydrogens is 284 g/mol. The Morgan fingerprint density at radius 3 is 2.36 bits per heavy atom. The molecule has 7 nitrogen and oxygen atoms in total. The average molecular weight is 306 g/mol. The Bertz CT molecular complexity index is 510. The van der Waals surface area contributed by atoms with E-state index < -0.39 is 11.8 Å². The van der Waals surface area contributed by atoms with Gasteiger partial charge in [-0.05, 0) is 24.3 Å². The van der Waals surface area contributed by atoms with Gasteiger partial charge in [-0.2, -0.15) is 0 Å². The third-order valence-corrected chi connectivity index (χ3v) is 3.75. The first-order chi connectivity index (χ1) is 10.6. The van der Waals surface area contributed by atoms with E-state index in [4.69, 9.17) is 10.5 Å². The van der Waals surface area contributed by atoms with E-state index in [-0.39, 0.29) is 0 Å². The Hall–Kier alpha value is -2.28. The first-order valence-corrected chi connectivity index (χ1v) is 7.29. The molecule has 2 amide bonds. The Balaban J connectivity index is 1.73. The van der Waals surface area contributed by atoms with Gasteiger partial charge in [0.15, 0.2) is 0 Å². The second kappa shape index (κ2) is 7.65. The summed E-state index contributed by atoms with van der Waals surface area (Å²) in [6, 6.07) is 8.03. The van der Waals surface area contributed by atoms with E-state index in [1.165, 1.54) is 5.69 Å². The summed E-state index contributed by atoms with van der Waals surface area (Å²) in [5, 5.41) is 2.50. The van der Waals surface area contributed by atoms with Crippen LogP contribution in [0.2, 0.25) is 0 Å². The highest BCUT2D eigenvalue weighted by Gasteiger charge is 2.17. The lowest BCUT2D eigenvalue weighted by molar-refractivity contribution is -0.137. The molecule has 0 aromatic heterocycles. The fraction of sp³-hybridized carbons (Fsp3) is 0.467. The van der Waals surface area contributed by atoms with Crippen molar-refractivity contribution in [1.29, 1.82) is 0 Å². The minimum atomic E-state index is -0.940. The molecule has 0 spiro atoms. The highest BCUT2D eigenvalue weighted by atomic mass is 16.5. The van der Waals surface area contributed by atoms with Crippen molar-refractivity contribution < 1.29 is 14.3 Å². The van der Waals surface area contributed by atoms with Gasteiger partial charge in [-0.1, -0.05) is 0 Å². The standard InChI is InChI=1S/C15H22N4O3/c1-22-13-4-2-12(3-5-13)19-10-8-18(9-11-19)7-6-17-15(21)14(16)20/h2-5H,6-11H2,1H3,(H2,16,20)(H,17,21). The lowest BCUT2D eigenvalue weighted by Gasteiger charge is -2.36. The van der Waals surface area contributed by atoms with Gasteiger partial charge in [-0.15, -0.1) is 0 Å². The molecule has 1 fully saturated rings. The van der Waals surface area contributed by atoms with Crippen LogP contribution in [-0.2, 0) is 9.59 Å². The number of ether oxygens (including phenoxy) is 1. The van der Waals surface area contributed by atoms with Gasteiger partial charge in [0.2, 0.25) is 0 Å². The van der Waals surface area contributed by atoms with Crippen molar-refractivity contribution in [3.05, 3.63) is 24.3 Å². The van der Waals surface area contributed by atoms with E-state index in [9.17, 15) is 9.59 Å². The zero-order valence-electron chi connectivity index (χ0n) is 12.7. The van der Waals surface area contributed by atoms with E-state index >= 15 is 0 Å². The number of benzene rings is 1. The number of hydrogen-bond donors (Lipinski definition) is 2. The van der Waals surface area contributed by atoms with E-state index in [1.54, 1.807) is 7.11 Å². The molecule has 0 aliphatic carbocycles. The van der Waals surface area contributed by atoms with E-state index in [2.05, 4.69) is 27.2 Å². The summed E-state index contributed by atoms with van der Waals surface area (Å²) in [7, 11) is 1.66. The topological polar surface area (TPSA) is 87.9 Å². The lowest BCUT2D eigenvalue weighted by atomic mass is 10.2. The number of carbonyl (C=O) groups is 2. The van der Waals surface area contributed by atoms with Gasteiger partial charge in [-0.3, -0.25) is 14.5 Å². The van der Waals surface area contributed by atoms with Crippen molar-refractivity contribution in [2.45, 2.75) is 0 Å². The van der Waals surface area contributed by atoms with Crippen LogP contribution in [0.3, 0.4) is 0 Å². The monoisotopic (exact) mass is 306 g/mol. The van der Waals surface area contributed by atoms with Gasteiger partial charge >= 0.3 is 11.8 Å². The van der Waals surface area contributed by atoms with Crippen molar-refractivity contribution in [3.63, 3.8) is 0 Å². The molecule has 1 saturated heterocycles. The second-order valence-corrected chi connectivity index (χ2v) is 5.15. The lowest BCUT2D eigenvalue weighted by Crippen LogP contribution is -2.49. The molecule has 0 saturated carbocycles. The van der Waals surface area contributed by atoms with Gasteiger partial charge in [-0.25, -0.2) is 0 Å². The van der Waals surface area contributed by atoms with Crippen LogP contribution in [0.25, 0.3) is 0 Å². The molecular formula is C15H22N4O3. The van der Waals surface area contributed by atoms with Crippen LogP contribution in [0.15, 0.2) is 24.3 Å². The maximum atomic E-state index is 11.1. The van der Waals surface area contributed by atoms with Gasteiger partial charge in [0, 0.05) is 45.0 Å². The number of anilines is 1. The summed E-state index contributed by atoms with van der Waals surface area (Å²) in [5.41, 5.74) is 6.06. The van der Waals surface area contributed by atoms with E-state index in [1.807, 2.05) is 12.1 Å². The van der Waals surface area contributed by atoms with Crippen molar-refractivity contribution in [3.8, 4) is 5.75 Å². The maximum Gasteiger partial charge on any atom is 0.309 e. The fourth-order valence-corrected chi connectivity index (χ4v) is 2.44. The average Bonchev–Trinajstić information content (AvgIpc) is 2.55. The third-order valence-electron chi connectivity index (χ3n) is 3.75. The molecule has 0 atom stereocenters. The molecule has 0 bridgehead atoms. The van der Waals surface area contributed by atoms with E-state index in [0.29, 0.717) is 6.54 Å². The molecule has 1 aromatic carbocycles. The number of rotatable bonds is 5. The first-order valence-electron chi connectivity index (χ1n) is 7.29. The largest absolute Gasteiger partial charge is 0.497 e. The summed E-state index contributed by atoms with van der Waals surface area (Å²) < 4.78 is 5.16. The summed E-state index contributed by atoms with van der Waals surface area (Å²) >= 11 is 0. The highest BCUT2D eigenvalue weighted by molar-refractivity contribution is 6.34. The Morgan fingerprint density at radius 1 is 1.18 bits per heavy atom. The molecule has 0 radical (unpaired) electrons. The molecule has 2 rings (SSSR count). The van der Waals surface area contributed by atoms with Crippen molar-refractivity contribution in [2.75, 3.05) is 51.3 Å². The Labute approximate surface area is 130 Å². The minimum Gasteiger partial charge on any atom is -0.497 e. The predicted molar refractivity (Wildman–Crippen MR) is 83.9 cm³/mol. The summed E-state index contributed by atoms with van der Waals surface area (Å²) in [6.45, 7) is 4.84. The predicted octanol–water partition coefficient (Wildman–Crippen LogP) is -0.581. The van der Waals surface area contributed by atoms with Crippen molar-refractivity contribution >= 4 is 17.5 Å². The van der Waals surface area contributed by atoms with Crippen LogP contribution in [-0.4, -0.2) is 63.1 Å². The number of nitrogens with two attached hydrogens (primary N) is 1. The quantitative estimate of drug-likeness (QED) is 0.711. The zero-order valence-corrected chi connectivity index (χ0v) is 12.7. The zero-order chi connectivity index (χ0) is 15.9. The van der Waals surface area contributed by atoms with Gasteiger partial charge in [0.05, 0.1) is 7.11 Å². The number of nitrogens with one attached hydrogen (secondary N) is 1. The first kappa shape index (κ1) is 16.1. The third kappa shape index (κ3) is 4.36. The highest BCUT2D eigenvalue weighted by Crippen LogP contribution is 2.20. The molecule has 7 heteroatoms. The number of primary amides is 1. The molecule has 1 aliphatic heterocycles. The number of piperazine rings is 1.